The van der Waals surface area contributed by atoms with Gasteiger partial charge in [-0.15, -0.1) is 0 Å². The lowest BCUT2D eigenvalue weighted by atomic mass is 10.0. The van der Waals surface area contributed by atoms with Gasteiger partial charge in [-0.1, -0.05) is 47.6 Å². The topological polar surface area (TPSA) is 54.2 Å². The van der Waals surface area contributed by atoms with E-state index in [2.05, 4.69) is 69.9 Å². The number of fused-ring (bicyclic) bond motifs is 1. The Kier molecular flexibility index (Phi) is 4.28. The van der Waals surface area contributed by atoms with E-state index in [1.54, 1.807) is 0 Å². The summed E-state index contributed by atoms with van der Waals surface area (Å²) in [6.45, 7) is 2.89. The van der Waals surface area contributed by atoms with Gasteiger partial charge in [-0.05, 0) is 29.8 Å². The molecule has 0 aliphatic carbocycles. The fourth-order valence-corrected chi connectivity index (χ4v) is 3.24. The summed E-state index contributed by atoms with van der Waals surface area (Å²) in [4.78, 5) is 6.87. The second kappa shape index (κ2) is 6.71. The van der Waals surface area contributed by atoms with Crippen molar-refractivity contribution in [3.8, 4) is 0 Å². The number of likely N-dealkylation sites (N-methyl/N-ethyl adjacent to an activating group) is 1. The Bertz CT molecular complexity index is 829. The molecule has 4 rings (SSSR count). The van der Waals surface area contributed by atoms with Crippen molar-refractivity contribution in [1.82, 2.24) is 20.4 Å². The van der Waals surface area contributed by atoms with Crippen LogP contribution in [0.25, 0.3) is 10.8 Å². The lowest BCUT2D eigenvalue weighted by Crippen LogP contribution is -2.44. The number of aryl methyl sites for hydroxylation is 2. The van der Waals surface area contributed by atoms with Gasteiger partial charge in [0.15, 0.2) is 5.82 Å². The maximum atomic E-state index is 5.46. The second-order valence-electron chi connectivity index (χ2n) is 6.43. The molecule has 1 aliphatic rings. The van der Waals surface area contributed by atoms with E-state index >= 15 is 0 Å². The molecule has 0 saturated carbocycles. The fraction of sp³-hybridized carbons (Fsp3) is 0.368. The highest BCUT2D eigenvalue weighted by Crippen LogP contribution is 2.19. The number of rotatable bonds is 4. The summed E-state index contributed by atoms with van der Waals surface area (Å²) in [7, 11) is 2.11. The number of nitrogens with zero attached hydrogens (tertiary/aromatic N) is 3. The molecule has 2 aromatic carbocycles. The second-order valence-corrected chi connectivity index (χ2v) is 6.43. The molecule has 5 heteroatoms. The van der Waals surface area contributed by atoms with Crippen LogP contribution in [0.2, 0.25) is 0 Å². The minimum atomic E-state index is 0.205. The van der Waals surface area contributed by atoms with Crippen LogP contribution in [0.3, 0.4) is 0 Å². The number of aromatic nitrogens is 2. The molecule has 5 nitrogen and oxygen atoms in total. The minimum Gasteiger partial charge on any atom is -0.339 e. The van der Waals surface area contributed by atoms with Crippen molar-refractivity contribution in [3.63, 3.8) is 0 Å². The highest BCUT2D eigenvalue weighted by Gasteiger charge is 2.25. The highest BCUT2D eigenvalue weighted by atomic mass is 16.5. The zero-order valence-electron chi connectivity index (χ0n) is 13.9. The van der Waals surface area contributed by atoms with Crippen LogP contribution in [-0.4, -0.2) is 41.7 Å². The van der Waals surface area contributed by atoms with Gasteiger partial charge in [0.25, 0.3) is 0 Å². The molecular weight excluding hydrogens is 300 g/mol. The number of nitrogens with one attached hydrogen (secondary N) is 1. The van der Waals surface area contributed by atoms with Crippen LogP contribution in [0.15, 0.2) is 47.0 Å². The smallest absolute Gasteiger partial charge is 0.227 e. The van der Waals surface area contributed by atoms with Gasteiger partial charge in [0.05, 0.1) is 6.04 Å². The minimum absolute atomic E-state index is 0.205. The maximum absolute atomic E-state index is 5.46. The number of benzene rings is 2. The zero-order valence-corrected chi connectivity index (χ0v) is 13.9. The molecule has 1 aromatic heterocycles. The molecule has 0 radical (unpaired) electrons. The summed E-state index contributed by atoms with van der Waals surface area (Å²) in [5.74, 6) is 1.51. The van der Waals surface area contributed by atoms with Crippen molar-refractivity contribution in [1.29, 1.82) is 0 Å². The van der Waals surface area contributed by atoms with E-state index in [-0.39, 0.29) is 6.04 Å². The normalized spacial score (nSPS) is 19.0. The number of hydrogen-bond donors (Lipinski definition) is 1. The van der Waals surface area contributed by atoms with Crippen molar-refractivity contribution in [3.05, 3.63) is 59.7 Å². The maximum Gasteiger partial charge on any atom is 0.227 e. The van der Waals surface area contributed by atoms with Gasteiger partial charge in [0.2, 0.25) is 5.89 Å². The molecule has 1 aliphatic heterocycles. The molecule has 1 N–H and O–H groups in total. The van der Waals surface area contributed by atoms with Gasteiger partial charge in [0, 0.05) is 26.1 Å². The molecule has 0 bridgehead atoms. The van der Waals surface area contributed by atoms with Gasteiger partial charge < -0.3 is 9.84 Å². The van der Waals surface area contributed by atoms with E-state index < -0.39 is 0 Å². The van der Waals surface area contributed by atoms with Crippen LogP contribution in [0.1, 0.15) is 23.3 Å². The van der Waals surface area contributed by atoms with Crippen LogP contribution < -0.4 is 5.32 Å². The third-order valence-electron chi connectivity index (χ3n) is 4.73. The van der Waals surface area contributed by atoms with Crippen molar-refractivity contribution in [2.75, 3.05) is 26.7 Å². The molecule has 1 fully saturated rings. The van der Waals surface area contributed by atoms with Crippen molar-refractivity contribution >= 4 is 10.8 Å². The summed E-state index contributed by atoms with van der Waals surface area (Å²) in [6.07, 6.45) is 1.68. The van der Waals surface area contributed by atoms with E-state index in [1.807, 2.05) is 0 Å². The lowest BCUT2D eigenvalue weighted by Gasteiger charge is -2.30. The van der Waals surface area contributed by atoms with Crippen molar-refractivity contribution in [2.45, 2.75) is 18.9 Å². The zero-order chi connectivity index (χ0) is 16.4. The molecule has 1 saturated heterocycles. The van der Waals surface area contributed by atoms with Gasteiger partial charge in [-0.25, -0.2) is 0 Å². The van der Waals surface area contributed by atoms with Gasteiger partial charge in [0.1, 0.15) is 0 Å². The third-order valence-corrected chi connectivity index (χ3v) is 4.73. The Morgan fingerprint density at radius 3 is 2.92 bits per heavy atom. The Morgan fingerprint density at radius 2 is 2.04 bits per heavy atom. The van der Waals surface area contributed by atoms with Crippen LogP contribution in [0, 0.1) is 0 Å². The molecule has 2 heterocycles. The van der Waals surface area contributed by atoms with Gasteiger partial charge in [-0.3, -0.25) is 4.90 Å². The molecular formula is C19H22N4O. The molecule has 124 valence electrons. The largest absolute Gasteiger partial charge is 0.339 e. The first-order valence-corrected chi connectivity index (χ1v) is 8.51. The molecule has 1 atom stereocenters. The summed E-state index contributed by atoms with van der Waals surface area (Å²) in [6, 6.07) is 15.2. The first-order chi connectivity index (χ1) is 11.8. The van der Waals surface area contributed by atoms with Gasteiger partial charge in [-0.2, -0.15) is 4.98 Å². The quantitative estimate of drug-likeness (QED) is 0.800. The fourth-order valence-electron chi connectivity index (χ4n) is 3.24. The average molecular weight is 322 g/mol. The SMILES string of the molecule is CN1CCNCC1c1noc(CCc2ccc3ccccc3c2)n1. The number of hydrogen-bond acceptors (Lipinski definition) is 5. The van der Waals surface area contributed by atoms with E-state index in [4.69, 9.17) is 4.52 Å². The molecule has 3 aromatic rings. The monoisotopic (exact) mass is 322 g/mol. The summed E-state index contributed by atoms with van der Waals surface area (Å²) in [5.41, 5.74) is 1.30. The molecule has 0 amide bonds. The van der Waals surface area contributed by atoms with Crippen LogP contribution in [0.4, 0.5) is 0 Å². The van der Waals surface area contributed by atoms with E-state index in [0.29, 0.717) is 0 Å². The molecule has 24 heavy (non-hydrogen) atoms. The van der Waals surface area contributed by atoms with E-state index in [9.17, 15) is 0 Å². The first kappa shape index (κ1) is 15.3. The Hall–Kier alpha value is -2.24. The Morgan fingerprint density at radius 1 is 1.17 bits per heavy atom. The van der Waals surface area contributed by atoms with Crippen LogP contribution >= 0.6 is 0 Å². The van der Waals surface area contributed by atoms with Crippen LogP contribution in [-0.2, 0) is 12.8 Å². The summed E-state index contributed by atoms with van der Waals surface area (Å²) in [5, 5.41) is 10.1. The first-order valence-electron chi connectivity index (χ1n) is 8.51. The summed E-state index contributed by atoms with van der Waals surface area (Å²) < 4.78 is 5.46. The highest BCUT2D eigenvalue weighted by molar-refractivity contribution is 5.82. The molecule has 0 spiro atoms. The standard InChI is InChI=1S/C19H22N4O/c1-23-11-10-20-13-17(23)19-21-18(24-22-19)9-7-14-6-8-15-4-2-3-5-16(15)12-14/h2-6,8,12,17,20H,7,9-11,13H2,1H3. The Balaban J connectivity index is 1.43. The number of piperazine rings is 1. The Labute approximate surface area is 141 Å². The van der Waals surface area contributed by atoms with E-state index in [0.717, 1.165) is 44.2 Å². The lowest BCUT2D eigenvalue weighted by molar-refractivity contribution is 0.190. The molecule has 1 unspecified atom stereocenters. The van der Waals surface area contributed by atoms with Gasteiger partial charge >= 0.3 is 0 Å². The predicted molar refractivity (Wildman–Crippen MR) is 93.9 cm³/mol. The van der Waals surface area contributed by atoms with Crippen molar-refractivity contribution < 1.29 is 4.52 Å². The summed E-state index contributed by atoms with van der Waals surface area (Å²) >= 11 is 0. The van der Waals surface area contributed by atoms with Crippen molar-refractivity contribution in [2.24, 2.45) is 0 Å². The average Bonchev–Trinajstić information content (AvgIpc) is 3.09. The third kappa shape index (κ3) is 3.18. The van der Waals surface area contributed by atoms with Crippen LogP contribution in [0.5, 0.6) is 0 Å². The predicted octanol–water partition coefficient (Wildman–Crippen LogP) is 2.58. The van der Waals surface area contributed by atoms with E-state index in [1.165, 1.54) is 16.3 Å².